The SMILES string of the molecule is CC(C)c1ccc([C@H](O)c2c(C(C)C)nc3c(c2I)C(O)CC2(CCC2)C3)cc1. The molecule has 0 radical (unpaired) electrons. The van der Waals surface area contributed by atoms with Crippen molar-refractivity contribution in [3.05, 3.63) is 61.5 Å². The van der Waals surface area contributed by atoms with Gasteiger partial charge in [0.05, 0.1) is 11.8 Å². The van der Waals surface area contributed by atoms with Gasteiger partial charge in [0, 0.05) is 20.4 Å². The number of aromatic nitrogens is 1. The van der Waals surface area contributed by atoms with E-state index in [-0.39, 0.29) is 11.3 Å². The molecule has 1 saturated carbocycles. The molecule has 1 unspecified atom stereocenters. The van der Waals surface area contributed by atoms with Crippen molar-refractivity contribution in [2.24, 2.45) is 5.41 Å². The highest BCUT2D eigenvalue weighted by Gasteiger charge is 2.45. The molecule has 2 N–H and O–H groups in total. The Morgan fingerprint density at radius 2 is 1.66 bits per heavy atom. The van der Waals surface area contributed by atoms with Crippen LogP contribution < -0.4 is 0 Å². The van der Waals surface area contributed by atoms with Gasteiger partial charge in [-0.05, 0) is 76.7 Å². The Balaban J connectivity index is 1.79. The fourth-order valence-electron chi connectivity index (χ4n) is 5.05. The van der Waals surface area contributed by atoms with Gasteiger partial charge in [-0.1, -0.05) is 58.4 Å². The Kier molecular flexibility index (Phi) is 5.82. The summed E-state index contributed by atoms with van der Waals surface area (Å²) in [5, 5.41) is 22.4. The molecule has 0 bridgehead atoms. The number of nitrogens with zero attached hydrogens (tertiary/aromatic N) is 1. The Hall–Kier alpha value is -0.980. The van der Waals surface area contributed by atoms with Gasteiger partial charge in [-0.2, -0.15) is 0 Å². The molecule has 0 amide bonds. The summed E-state index contributed by atoms with van der Waals surface area (Å²) in [6, 6.07) is 8.26. The molecule has 156 valence electrons. The van der Waals surface area contributed by atoms with Crippen LogP contribution in [0.5, 0.6) is 0 Å². The topological polar surface area (TPSA) is 53.4 Å². The molecule has 3 nitrogen and oxygen atoms in total. The van der Waals surface area contributed by atoms with E-state index in [9.17, 15) is 10.2 Å². The third-order valence-electron chi connectivity index (χ3n) is 6.97. The quantitative estimate of drug-likeness (QED) is 0.489. The standard InChI is InChI=1S/C25H32INO2/c1-14(2)16-6-8-17(9-7-16)24(29)21-22(26)20-18(27-23(21)15(3)4)12-25(10-5-11-25)13-19(20)28/h6-9,14-15,19,24,28-29H,5,10-13H2,1-4H3/t19?,24-/m0/s1. The zero-order chi connectivity index (χ0) is 20.9. The maximum absolute atomic E-state index is 11.4. The summed E-state index contributed by atoms with van der Waals surface area (Å²) in [5.41, 5.74) is 6.27. The van der Waals surface area contributed by atoms with Crippen molar-refractivity contribution in [1.29, 1.82) is 0 Å². The molecule has 1 aromatic heterocycles. The summed E-state index contributed by atoms with van der Waals surface area (Å²) >= 11 is 2.34. The van der Waals surface area contributed by atoms with E-state index in [1.165, 1.54) is 24.8 Å². The van der Waals surface area contributed by atoms with Crippen LogP contribution >= 0.6 is 22.6 Å². The third kappa shape index (κ3) is 3.77. The normalized spacial score (nSPS) is 21.3. The first-order chi connectivity index (χ1) is 13.7. The fourth-order valence-corrected chi connectivity index (χ4v) is 6.29. The lowest BCUT2D eigenvalue weighted by Gasteiger charge is -2.47. The predicted molar refractivity (Wildman–Crippen MR) is 125 cm³/mol. The van der Waals surface area contributed by atoms with E-state index >= 15 is 0 Å². The molecule has 1 heterocycles. The van der Waals surface area contributed by atoms with Gasteiger partial charge in [-0.3, -0.25) is 4.98 Å². The lowest BCUT2D eigenvalue weighted by atomic mass is 9.59. The fraction of sp³-hybridized carbons (Fsp3) is 0.560. The molecular weight excluding hydrogens is 473 g/mol. The van der Waals surface area contributed by atoms with Gasteiger partial charge in [0.25, 0.3) is 0 Å². The molecule has 0 saturated heterocycles. The van der Waals surface area contributed by atoms with Crippen LogP contribution in [0.2, 0.25) is 0 Å². The number of aliphatic hydroxyl groups excluding tert-OH is 2. The molecule has 2 aromatic rings. The molecule has 4 rings (SSSR count). The van der Waals surface area contributed by atoms with Gasteiger partial charge in [-0.25, -0.2) is 0 Å². The van der Waals surface area contributed by atoms with Crippen LogP contribution in [-0.2, 0) is 6.42 Å². The number of hydrogen-bond donors (Lipinski definition) is 2. The summed E-state index contributed by atoms with van der Waals surface area (Å²) in [7, 11) is 0. The van der Waals surface area contributed by atoms with E-state index < -0.39 is 12.2 Å². The van der Waals surface area contributed by atoms with Crippen LogP contribution in [0.3, 0.4) is 0 Å². The number of hydrogen-bond acceptors (Lipinski definition) is 3. The van der Waals surface area contributed by atoms with Crippen molar-refractivity contribution in [2.45, 2.75) is 83.8 Å². The number of aliphatic hydroxyl groups is 2. The highest BCUT2D eigenvalue weighted by Crippen LogP contribution is 2.54. The van der Waals surface area contributed by atoms with Crippen molar-refractivity contribution < 1.29 is 10.2 Å². The van der Waals surface area contributed by atoms with Gasteiger partial charge < -0.3 is 10.2 Å². The van der Waals surface area contributed by atoms with Gasteiger partial charge in [0.1, 0.15) is 6.10 Å². The molecule has 1 spiro atoms. The van der Waals surface area contributed by atoms with Crippen LogP contribution in [-0.4, -0.2) is 15.2 Å². The predicted octanol–water partition coefficient (Wildman–Crippen LogP) is 6.16. The van der Waals surface area contributed by atoms with E-state index in [4.69, 9.17) is 4.98 Å². The van der Waals surface area contributed by atoms with Gasteiger partial charge in [0.15, 0.2) is 0 Å². The maximum Gasteiger partial charge on any atom is 0.107 e. The molecule has 2 atom stereocenters. The number of benzene rings is 1. The zero-order valence-electron chi connectivity index (χ0n) is 17.9. The first-order valence-electron chi connectivity index (χ1n) is 10.9. The van der Waals surface area contributed by atoms with Crippen LogP contribution in [0, 0.1) is 8.99 Å². The molecular formula is C25H32INO2. The Bertz CT molecular complexity index is 900. The Morgan fingerprint density at radius 1 is 1.03 bits per heavy atom. The van der Waals surface area contributed by atoms with Crippen molar-refractivity contribution in [3.63, 3.8) is 0 Å². The molecule has 1 fully saturated rings. The number of pyridine rings is 1. The molecule has 29 heavy (non-hydrogen) atoms. The average molecular weight is 505 g/mol. The van der Waals surface area contributed by atoms with E-state index in [0.717, 1.165) is 44.5 Å². The summed E-state index contributed by atoms with van der Waals surface area (Å²) in [6.07, 6.45) is 4.25. The minimum absolute atomic E-state index is 0.213. The largest absolute Gasteiger partial charge is 0.388 e. The van der Waals surface area contributed by atoms with E-state index in [1.54, 1.807) is 0 Å². The second kappa shape index (κ2) is 7.93. The van der Waals surface area contributed by atoms with Crippen molar-refractivity contribution in [3.8, 4) is 0 Å². The minimum Gasteiger partial charge on any atom is -0.388 e. The first kappa shape index (κ1) is 21.3. The highest BCUT2D eigenvalue weighted by atomic mass is 127. The number of rotatable bonds is 4. The lowest BCUT2D eigenvalue weighted by molar-refractivity contribution is 0.0236. The van der Waals surface area contributed by atoms with Crippen LogP contribution in [0.25, 0.3) is 0 Å². The zero-order valence-corrected chi connectivity index (χ0v) is 20.0. The van der Waals surface area contributed by atoms with Crippen molar-refractivity contribution in [1.82, 2.24) is 4.98 Å². The Labute approximate surface area is 188 Å². The Morgan fingerprint density at radius 3 is 2.17 bits per heavy atom. The average Bonchev–Trinajstić information content (AvgIpc) is 2.65. The molecule has 4 heteroatoms. The number of halogens is 1. The van der Waals surface area contributed by atoms with E-state index in [0.29, 0.717) is 5.92 Å². The second-order valence-corrected chi connectivity index (χ2v) is 10.8. The van der Waals surface area contributed by atoms with E-state index in [2.05, 4.69) is 62.4 Å². The summed E-state index contributed by atoms with van der Waals surface area (Å²) in [5.74, 6) is 0.678. The maximum atomic E-state index is 11.4. The minimum atomic E-state index is -0.731. The van der Waals surface area contributed by atoms with Gasteiger partial charge in [-0.15, -0.1) is 0 Å². The first-order valence-corrected chi connectivity index (χ1v) is 12.0. The highest BCUT2D eigenvalue weighted by molar-refractivity contribution is 14.1. The monoisotopic (exact) mass is 505 g/mol. The molecule has 2 aliphatic carbocycles. The number of fused-ring (bicyclic) bond motifs is 1. The molecule has 1 aromatic carbocycles. The second-order valence-electron chi connectivity index (χ2n) is 9.71. The van der Waals surface area contributed by atoms with Gasteiger partial charge in [0.2, 0.25) is 0 Å². The summed E-state index contributed by atoms with van der Waals surface area (Å²) in [4.78, 5) is 5.07. The summed E-state index contributed by atoms with van der Waals surface area (Å²) < 4.78 is 0.999. The van der Waals surface area contributed by atoms with E-state index in [1.807, 2.05) is 12.1 Å². The van der Waals surface area contributed by atoms with Crippen molar-refractivity contribution >= 4 is 22.6 Å². The molecule has 2 aliphatic rings. The van der Waals surface area contributed by atoms with Gasteiger partial charge >= 0.3 is 0 Å². The van der Waals surface area contributed by atoms with Crippen LogP contribution in [0.15, 0.2) is 24.3 Å². The third-order valence-corrected chi connectivity index (χ3v) is 8.13. The summed E-state index contributed by atoms with van der Waals surface area (Å²) in [6.45, 7) is 8.63. The van der Waals surface area contributed by atoms with Crippen molar-refractivity contribution in [2.75, 3.05) is 0 Å². The molecule has 0 aliphatic heterocycles. The van der Waals surface area contributed by atoms with Crippen LogP contribution in [0.4, 0.5) is 0 Å². The lowest BCUT2D eigenvalue weighted by Crippen LogP contribution is -2.38. The smallest absolute Gasteiger partial charge is 0.107 e. The van der Waals surface area contributed by atoms with Crippen LogP contribution in [0.1, 0.15) is 111 Å².